The molecule has 2 heterocycles. The fourth-order valence-corrected chi connectivity index (χ4v) is 1.43. The normalized spacial score (nSPS) is 10.8. The van der Waals surface area contributed by atoms with Crippen LogP contribution in [0.5, 0.6) is 0 Å². The van der Waals surface area contributed by atoms with Gasteiger partial charge in [0.1, 0.15) is 10.8 Å². The van der Waals surface area contributed by atoms with E-state index in [1.165, 1.54) is 0 Å². The number of rotatable bonds is 1. The minimum Gasteiger partial charge on any atom is -0.390 e. The topological polar surface area (TPSA) is 37.5 Å². The first-order chi connectivity index (χ1) is 5.83. The van der Waals surface area contributed by atoms with Gasteiger partial charge in [-0.25, -0.2) is 4.98 Å². The highest BCUT2D eigenvalue weighted by Crippen LogP contribution is 2.14. The number of pyridine rings is 1. The van der Waals surface area contributed by atoms with Crippen molar-refractivity contribution in [3.63, 3.8) is 0 Å². The molecule has 12 heavy (non-hydrogen) atoms. The summed E-state index contributed by atoms with van der Waals surface area (Å²) in [5.74, 6) is 0. The third-order valence-electron chi connectivity index (χ3n) is 1.72. The molecule has 0 radical (unpaired) electrons. The average Bonchev–Trinajstić information content (AvgIpc) is 2.49. The molecule has 3 nitrogen and oxygen atoms in total. The number of hydrogen-bond donors (Lipinski definition) is 1. The van der Waals surface area contributed by atoms with Crippen molar-refractivity contribution in [2.45, 2.75) is 6.61 Å². The van der Waals surface area contributed by atoms with E-state index in [4.69, 9.17) is 16.7 Å². The molecule has 0 saturated heterocycles. The van der Waals surface area contributed by atoms with Gasteiger partial charge in [0, 0.05) is 0 Å². The highest BCUT2D eigenvalue weighted by Gasteiger charge is 2.03. The van der Waals surface area contributed by atoms with E-state index >= 15 is 0 Å². The molecule has 4 heteroatoms. The Morgan fingerprint density at radius 2 is 2.33 bits per heavy atom. The zero-order valence-corrected chi connectivity index (χ0v) is 6.99. The van der Waals surface area contributed by atoms with E-state index in [1.807, 2.05) is 12.1 Å². The van der Waals surface area contributed by atoms with Gasteiger partial charge < -0.3 is 5.11 Å². The summed E-state index contributed by atoms with van der Waals surface area (Å²) in [6.07, 6.45) is 1.61. The SMILES string of the molecule is OCc1cnc2cccc(Cl)n12. The van der Waals surface area contributed by atoms with Crippen LogP contribution < -0.4 is 0 Å². The molecule has 62 valence electrons. The third kappa shape index (κ3) is 0.983. The van der Waals surface area contributed by atoms with Gasteiger partial charge in [-0.05, 0) is 12.1 Å². The molecule has 0 unspecified atom stereocenters. The standard InChI is InChI=1S/C8H7ClN2O/c9-7-2-1-3-8-10-4-6(5-12)11(7)8/h1-4,12H,5H2. The average molecular weight is 183 g/mol. The smallest absolute Gasteiger partial charge is 0.138 e. The Morgan fingerprint density at radius 1 is 1.50 bits per heavy atom. The summed E-state index contributed by atoms with van der Waals surface area (Å²) in [6, 6.07) is 5.42. The molecular weight excluding hydrogens is 176 g/mol. The molecule has 0 aliphatic rings. The number of nitrogens with zero attached hydrogens (tertiary/aromatic N) is 2. The van der Waals surface area contributed by atoms with Crippen molar-refractivity contribution in [1.82, 2.24) is 9.38 Å². The van der Waals surface area contributed by atoms with Crippen molar-refractivity contribution in [2.75, 3.05) is 0 Å². The van der Waals surface area contributed by atoms with Crippen molar-refractivity contribution in [3.05, 3.63) is 35.2 Å². The first-order valence-electron chi connectivity index (χ1n) is 3.54. The van der Waals surface area contributed by atoms with Crippen molar-refractivity contribution in [2.24, 2.45) is 0 Å². The van der Waals surface area contributed by atoms with Crippen LogP contribution in [0.2, 0.25) is 5.15 Å². The van der Waals surface area contributed by atoms with Crippen LogP contribution in [0, 0.1) is 0 Å². The zero-order chi connectivity index (χ0) is 8.55. The second kappa shape index (κ2) is 2.77. The number of hydrogen-bond acceptors (Lipinski definition) is 2. The Kier molecular flexibility index (Phi) is 1.75. The van der Waals surface area contributed by atoms with Gasteiger partial charge in [0.05, 0.1) is 18.5 Å². The van der Waals surface area contributed by atoms with Crippen LogP contribution in [0.3, 0.4) is 0 Å². The quantitative estimate of drug-likeness (QED) is 0.679. The molecule has 0 aliphatic heterocycles. The molecule has 0 aromatic carbocycles. The van der Waals surface area contributed by atoms with Gasteiger partial charge in [0.15, 0.2) is 0 Å². The van der Waals surface area contributed by atoms with E-state index in [0.29, 0.717) is 10.8 Å². The summed E-state index contributed by atoms with van der Waals surface area (Å²) >= 11 is 5.89. The van der Waals surface area contributed by atoms with Crippen molar-refractivity contribution in [3.8, 4) is 0 Å². The van der Waals surface area contributed by atoms with E-state index < -0.39 is 0 Å². The molecule has 2 aromatic rings. The van der Waals surface area contributed by atoms with Gasteiger partial charge >= 0.3 is 0 Å². The lowest BCUT2D eigenvalue weighted by molar-refractivity contribution is 0.276. The van der Waals surface area contributed by atoms with Gasteiger partial charge in [-0.15, -0.1) is 0 Å². The molecule has 0 saturated carbocycles. The van der Waals surface area contributed by atoms with E-state index in [9.17, 15) is 0 Å². The van der Waals surface area contributed by atoms with Gasteiger partial charge in [-0.2, -0.15) is 0 Å². The molecule has 0 atom stereocenters. The molecular formula is C8H7ClN2O. The van der Waals surface area contributed by atoms with Gasteiger partial charge in [0.2, 0.25) is 0 Å². The Labute approximate surface area is 74.2 Å². The number of aliphatic hydroxyl groups excluding tert-OH is 1. The summed E-state index contributed by atoms with van der Waals surface area (Å²) in [7, 11) is 0. The van der Waals surface area contributed by atoms with Crippen LogP contribution in [0.25, 0.3) is 5.65 Å². The Balaban J connectivity index is 2.83. The van der Waals surface area contributed by atoms with Gasteiger partial charge in [-0.1, -0.05) is 17.7 Å². The van der Waals surface area contributed by atoms with Crippen LogP contribution in [0.1, 0.15) is 5.69 Å². The molecule has 0 spiro atoms. The largest absolute Gasteiger partial charge is 0.390 e. The summed E-state index contributed by atoms with van der Waals surface area (Å²) in [5, 5.41) is 9.49. The lowest BCUT2D eigenvalue weighted by atomic mass is 10.4. The number of aliphatic hydroxyl groups is 1. The summed E-state index contributed by atoms with van der Waals surface area (Å²) in [6.45, 7) is -0.0507. The van der Waals surface area contributed by atoms with Crippen LogP contribution >= 0.6 is 11.6 Å². The molecule has 0 fully saturated rings. The maximum absolute atomic E-state index is 8.93. The molecule has 1 N–H and O–H groups in total. The predicted molar refractivity (Wildman–Crippen MR) is 46.1 cm³/mol. The van der Waals surface area contributed by atoms with Crippen molar-refractivity contribution >= 4 is 17.2 Å². The maximum Gasteiger partial charge on any atom is 0.138 e. The molecule has 0 amide bonds. The molecule has 0 bridgehead atoms. The van der Waals surface area contributed by atoms with E-state index in [2.05, 4.69) is 4.98 Å². The minimum atomic E-state index is -0.0507. The maximum atomic E-state index is 8.93. The number of fused-ring (bicyclic) bond motifs is 1. The van der Waals surface area contributed by atoms with E-state index in [-0.39, 0.29) is 6.61 Å². The lowest BCUT2D eigenvalue weighted by Crippen LogP contribution is -1.92. The minimum absolute atomic E-state index is 0.0507. The second-order valence-electron chi connectivity index (χ2n) is 2.45. The van der Waals surface area contributed by atoms with E-state index in [1.54, 1.807) is 16.7 Å². The Bertz CT molecular complexity index is 410. The Hall–Kier alpha value is -1.06. The highest BCUT2D eigenvalue weighted by atomic mass is 35.5. The fourth-order valence-electron chi connectivity index (χ4n) is 1.17. The van der Waals surface area contributed by atoms with E-state index in [0.717, 1.165) is 5.65 Å². The highest BCUT2D eigenvalue weighted by molar-refractivity contribution is 6.29. The van der Waals surface area contributed by atoms with Crippen LogP contribution in [0.4, 0.5) is 0 Å². The number of imidazole rings is 1. The first kappa shape index (κ1) is 7.58. The Morgan fingerprint density at radius 3 is 3.08 bits per heavy atom. The second-order valence-corrected chi connectivity index (χ2v) is 2.84. The third-order valence-corrected chi connectivity index (χ3v) is 2.01. The number of halogens is 1. The van der Waals surface area contributed by atoms with Gasteiger partial charge in [0.25, 0.3) is 0 Å². The number of aromatic nitrogens is 2. The fraction of sp³-hybridized carbons (Fsp3) is 0.125. The summed E-state index contributed by atoms with van der Waals surface area (Å²) in [4.78, 5) is 4.07. The van der Waals surface area contributed by atoms with Crippen molar-refractivity contribution < 1.29 is 5.11 Å². The first-order valence-corrected chi connectivity index (χ1v) is 3.92. The zero-order valence-electron chi connectivity index (χ0n) is 6.24. The molecule has 2 rings (SSSR count). The monoisotopic (exact) mass is 182 g/mol. The van der Waals surface area contributed by atoms with Crippen LogP contribution in [0.15, 0.2) is 24.4 Å². The van der Waals surface area contributed by atoms with Crippen molar-refractivity contribution in [1.29, 1.82) is 0 Å². The summed E-state index contributed by atoms with van der Waals surface area (Å²) in [5.41, 5.74) is 1.46. The van der Waals surface area contributed by atoms with Crippen LogP contribution in [-0.2, 0) is 6.61 Å². The molecule has 2 aromatic heterocycles. The van der Waals surface area contributed by atoms with Crippen LogP contribution in [-0.4, -0.2) is 14.5 Å². The predicted octanol–water partition coefficient (Wildman–Crippen LogP) is 1.48. The molecule has 0 aliphatic carbocycles. The van der Waals surface area contributed by atoms with Gasteiger partial charge in [-0.3, -0.25) is 4.40 Å². The lowest BCUT2D eigenvalue weighted by Gasteiger charge is -1.99. The summed E-state index contributed by atoms with van der Waals surface area (Å²) < 4.78 is 1.71.